The third-order valence-corrected chi connectivity index (χ3v) is 5.22. The van der Waals surface area contributed by atoms with Gasteiger partial charge in [-0.1, -0.05) is 37.3 Å². The molecule has 1 heterocycles. The molecule has 0 aliphatic heterocycles. The van der Waals surface area contributed by atoms with Gasteiger partial charge in [0.25, 0.3) is 0 Å². The van der Waals surface area contributed by atoms with E-state index in [-0.39, 0.29) is 17.7 Å². The van der Waals surface area contributed by atoms with Crippen LogP contribution < -0.4 is 10.6 Å². The molecule has 1 unspecified atom stereocenters. The number of amides is 2. The first-order valence-electron chi connectivity index (χ1n) is 9.76. The van der Waals surface area contributed by atoms with Crippen molar-refractivity contribution in [3.05, 3.63) is 72.1 Å². The Morgan fingerprint density at radius 2 is 1.90 bits per heavy atom. The number of hydrogen-bond acceptors (Lipinski definition) is 4. The van der Waals surface area contributed by atoms with E-state index in [4.69, 9.17) is 0 Å². The van der Waals surface area contributed by atoms with Crippen molar-refractivity contribution in [2.45, 2.75) is 26.2 Å². The molecule has 146 valence electrons. The molecule has 2 amide bonds. The molecular formula is C23H22N4O2. The number of aromatic nitrogens is 2. The van der Waals surface area contributed by atoms with E-state index in [0.29, 0.717) is 17.2 Å². The summed E-state index contributed by atoms with van der Waals surface area (Å²) in [5.41, 5.74) is 4.22. The number of fused-ring (bicyclic) bond motifs is 1. The molecule has 0 fully saturated rings. The molecule has 0 saturated heterocycles. The van der Waals surface area contributed by atoms with Crippen LogP contribution in [-0.2, 0) is 6.42 Å². The SMILES string of the molecule is CCC1CCc2cc(-c3cnc(NC(=O)Nc4ccccc4)cn3)ccc2C1=O. The number of hydrogen-bond donors (Lipinski definition) is 2. The maximum atomic E-state index is 12.5. The quantitative estimate of drug-likeness (QED) is 0.665. The van der Waals surface area contributed by atoms with E-state index in [1.165, 1.54) is 6.20 Å². The normalized spacial score (nSPS) is 15.5. The molecule has 0 radical (unpaired) electrons. The van der Waals surface area contributed by atoms with Gasteiger partial charge in [-0.05, 0) is 43.0 Å². The molecule has 0 spiro atoms. The van der Waals surface area contributed by atoms with Crippen molar-refractivity contribution in [3.8, 4) is 11.3 Å². The Bertz CT molecular complexity index is 1030. The van der Waals surface area contributed by atoms with Crippen LogP contribution in [0.25, 0.3) is 11.3 Å². The summed E-state index contributed by atoms with van der Waals surface area (Å²) in [5.74, 6) is 0.747. The number of anilines is 2. The number of nitrogens with one attached hydrogen (secondary N) is 2. The van der Waals surface area contributed by atoms with Gasteiger partial charge in [0.05, 0.1) is 18.1 Å². The molecule has 1 aromatic heterocycles. The molecule has 4 rings (SSSR count). The number of aryl methyl sites for hydroxylation is 1. The van der Waals surface area contributed by atoms with Gasteiger partial charge in [-0.15, -0.1) is 0 Å². The summed E-state index contributed by atoms with van der Waals surface area (Å²) in [4.78, 5) is 33.3. The van der Waals surface area contributed by atoms with Crippen LogP contribution in [0.5, 0.6) is 0 Å². The molecule has 1 atom stereocenters. The highest BCUT2D eigenvalue weighted by Crippen LogP contribution is 2.30. The van der Waals surface area contributed by atoms with Gasteiger partial charge >= 0.3 is 6.03 Å². The van der Waals surface area contributed by atoms with Crippen LogP contribution in [-0.4, -0.2) is 21.8 Å². The van der Waals surface area contributed by atoms with E-state index in [9.17, 15) is 9.59 Å². The van der Waals surface area contributed by atoms with Crippen molar-refractivity contribution in [3.63, 3.8) is 0 Å². The van der Waals surface area contributed by atoms with Crippen LogP contribution in [0.1, 0.15) is 35.7 Å². The topological polar surface area (TPSA) is 84.0 Å². The van der Waals surface area contributed by atoms with Gasteiger partial charge in [-0.3, -0.25) is 15.1 Å². The Kier molecular flexibility index (Phi) is 5.33. The predicted octanol–water partition coefficient (Wildman–Crippen LogP) is 4.94. The van der Waals surface area contributed by atoms with E-state index in [1.807, 2.05) is 36.4 Å². The number of rotatable bonds is 4. The maximum Gasteiger partial charge on any atom is 0.324 e. The summed E-state index contributed by atoms with van der Waals surface area (Å²) in [7, 11) is 0. The van der Waals surface area contributed by atoms with Gasteiger partial charge in [0.15, 0.2) is 11.6 Å². The smallest absolute Gasteiger partial charge is 0.308 e. The molecular weight excluding hydrogens is 364 g/mol. The third kappa shape index (κ3) is 4.16. The van der Waals surface area contributed by atoms with E-state index in [2.05, 4.69) is 27.5 Å². The molecule has 2 N–H and O–H groups in total. The minimum atomic E-state index is -0.379. The van der Waals surface area contributed by atoms with E-state index >= 15 is 0 Å². The van der Waals surface area contributed by atoms with Crippen molar-refractivity contribution >= 4 is 23.3 Å². The molecule has 29 heavy (non-hydrogen) atoms. The molecule has 6 nitrogen and oxygen atoms in total. The Labute approximate surface area is 169 Å². The lowest BCUT2D eigenvalue weighted by Gasteiger charge is -2.22. The summed E-state index contributed by atoms with van der Waals surface area (Å²) < 4.78 is 0. The van der Waals surface area contributed by atoms with Gasteiger partial charge in [-0.2, -0.15) is 0 Å². The first-order valence-corrected chi connectivity index (χ1v) is 9.76. The number of benzene rings is 2. The fourth-order valence-corrected chi connectivity index (χ4v) is 3.61. The number of Topliss-reactive ketones (excluding diaryl/α,β-unsaturated/α-hetero) is 1. The number of urea groups is 1. The minimum absolute atomic E-state index is 0.139. The molecule has 1 aliphatic rings. The minimum Gasteiger partial charge on any atom is -0.308 e. The van der Waals surface area contributed by atoms with E-state index < -0.39 is 0 Å². The summed E-state index contributed by atoms with van der Waals surface area (Å²) in [6.45, 7) is 2.06. The second kappa shape index (κ2) is 8.22. The van der Waals surface area contributed by atoms with Crippen molar-refractivity contribution in [1.29, 1.82) is 0 Å². The third-order valence-electron chi connectivity index (χ3n) is 5.22. The maximum absolute atomic E-state index is 12.5. The summed E-state index contributed by atoms with van der Waals surface area (Å²) in [6, 6.07) is 14.6. The Balaban J connectivity index is 1.46. The summed E-state index contributed by atoms with van der Waals surface area (Å²) in [6.07, 6.45) is 5.84. The highest BCUT2D eigenvalue weighted by atomic mass is 16.2. The molecule has 0 saturated carbocycles. The van der Waals surface area contributed by atoms with Crippen molar-refractivity contribution in [2.24, 2.45) is 5.92 Å². The number of ketones is 1. The fraction of sp³-hybridized carbons (Fsp3) is 0.217. The van der Waals surface area contributed by atoms with Crippen LogP contribution in [0.2, 0.25) is 0 Å². The lowest BCUT2D eigenvalue weighted by atomic mass is 9.81. The largest absolute Gasteiger partial charge is 0.324 e. The molecule has 2 aromatic carbocycles. The van der Waals surface area contributed by atoms with Gasteiger partial charge in [0, 0.05) is 22.7 Å². The van der Waals surface area contributed by atoms with Crippen LogP contribution in [0, 0.1) is 5.92 Å². The average Bonchev–Trinajstić information content (AvgIpc) is 2.75. The molecule has 6 heteroatoms. The standard InChI is InChI=1S/C23H22N4O2/c1-2-15-8-9-16-12-17(10-11-19(16)22(15)28)20-13-25-21(14-24-20)27-23(29)26-18-6-4-3-5-7-18/h3-7,10-15H,2,8-9H2,1H3,(H2,25,26,27,29). The lowest BCUT2D eigenvalue weighted by Crippen LogP contribution is -2.21. The number of para-hydroxylation sites is 1. The summed E-state index contributed by atoms with van der Waals surface area (Å²) >= 11 is 0. The van der Waals surface area contributed by atoms with Gasteiger partial charge in [0.1, 0.15) is 0 Å². The highest BCUT2D eigenvalue weighted by Gasteiger charge is 2.26. The Hall–Kier alpha value is -3.54. The molecule has 0 bridgehead atoms. The highest BCUT2D eigenvalue weighted by molar-refractivity contribution is 6.01. The second-order valence-electron chi connectivity index (χ2n) is 7.11. The fourth-order valence-electron chi connectivity index (χ4n) is 3.61. The van der Waals surface area contributed by atoms with Gasteiger partial charge < -0.3 is 5.32 Å². The van der Waals surface area contributed by atoms with Crippen LogP contribution in [0.3, 0.4) is 0 Å². The average molecular weight is 386 g/mol. The second-order valence-corrected chi connectivity index (χ2v) is 7.11. The molecule has 1 aliphatic carbocycles. The monoisotopic (exact) mass is 386 g/mol. The van der Waals surface area contributed by atoms with Crippen molar-refractivity contribution in [2.75, 3.05) is 10.6 Å². The van der Waals surface area contributed by atoms with E-state index in [0.717, 1.165) is 36.0 Å². The Morgan fingerprint density at radius 1 is 1.07 bits per heavy atom. The summed E-state index contributed by atoms with van der Waals surface area (Å²) in [5, 5.41) is 5.40. The number of carbonyl (C=O) groups is 2. The lowest BCUT2D eigenvalue weighted by molar-refractivity contribution is 0.0898. The predicted molar refractivity (Wildman–Crippen MR) is 113 cm³/mol. The zero-order valence-electron chi connectivity index (χ0n) is 16.2. The number of nitrogens with zero attached hydrogens (tertiary/aromatic N) is 2. The van der Waals surface area contributed by atoms with Crippen molar-refractivity contribution in [1.82, 2.24) is 9.97 Å². The van der Waals surface area contributed by atoms with Crippen LogP contribution in [0.4, 0.5) is 16.3 Å². The van der Waals surface area contributed by atoms with Crippen LogP contribution >= 0.6 is 0 Å². The van der Waals surface area contributed by atoms with Gasteiger partial charge in [-0.25, -0.2) is 9.78 Å². The zero-order chi connectivity index (χ0) is 20.2. The van der Waals surface area contributed by atoms with Crippen molar-refractivity contribution < 1.29 is 9.59 Å². The Morgan fingerprint density at radius 3 is 2.62 bits per heavy atom. The number of carbonyl (C=O) groups excluding carboxylic acids is 2. The van der Waals surface area contributed by atoms with Crippen LogP contribution in [0.15, 0.2) is 60.9 Å². The first kappa shape index (κ1) is 18.8. The molecule has 3 aromatic rings. The zero-order valence-corrected chi connectivity index (χ0v) is 16.2. The van der Waals surface area contributed by atoms with Gasteiger partial charge in [0.2, 0.25) is 0 Å². The first-order chi connectivity index (χ1) is 14.1. The van der Waals surface area contributed by atoms with E-state index in [1.54, 1.807) is 18.3 Å².